The summed E-state index contributed by atoms with van der Waals surface area (Å²) >= 11 is 0. The van der Waals surface area contributed by atoms with Crippen LogP contribution in [-0.2, 0) is 30.9 Å². The zero-order valence-corrected chi connectivity index (χ0v) is 31.8. The molecule has 2 nitrogen and oxygen atoms in total. The standard InChI is InChI=1S/C46H25F15N2/c1-24-16-25(18-27(17-24)42(47,48)49)38-12-6-14-40(62-38)34-22-33(31-9-3-5-11-37(31)46(59,60)61)35(23-32(34)30-8-2-4-10-36(30)45(56,57)58)41-15-7-13-39(63-41)26-19-28(43(50,51)52)21-29(20-26)44(53,54)55/h2-23H,1H3. The van der Waals surface area contributed by atoms with E-state index in [2.05, 4.69) is 9.97 Å². The van der Waals surface area contributed by atoms with Crippen LogP contribution in [0.2, 0.25) is 0 Å². The summed E-state index contributed by atoms with van der Waals surface area (Å²) in [5, 5.41) is 0. The van der Waals surface area contributed by atoms with Crippen LogP contribution in [0.25, 0.3) is 67.3 Å². The van der Waals surface area contributed by atoms with Gasteiger partial charge < -0.3 is 0 Å². The van der Waals surface area contributed by atoms with Gasteiger partial charge in [0.25, 0.3) is 0 Å². The Labute approximate surface area is 347 Å². The highest BCUT2D eigenvalue weighted by Gasteiger charge is 2.39. The van der Waals surface area contributed by atoms with E-state index in [0.717, 1.165) is 72.8 Å². The number of aryl methyl sites for hydroxylation is 1. The molecule has 0 radical (unpaired) electrons. The van der Waals surface area contributed by atoms with Gasteiger partial charge in [-0.05, 0) is 120 Å². The van der Waals surface area contributed by atoms with E-state index in [-0.39, 0.29) is 56.5 Å². The third-order valence-electron chi connectivity index (χ3n) is 9.84. The fraction of sp³-hybridized carbons (Fsp3) is 0.130. The van der Waals surface area contributed by atoms with E-state index >= 15 is 0 Å². The van der Waals surface area contributed by atoms with Crippen molar-refractivity contribution in [2.24, 2.45) is 0 Å². The molecule has 0 bridgehead atoms. The fourth-order valence-electron chi connectivity index (χ4n) is 7.09. The fourth-order valence-corrected chi connectivity index (χ4v) is 7.09. The molecule has 0 N–H and O–H groups in total. The number of nitrogens with zero attached hydrogens (tertiary/aromatic N) is 2. The van der Waals surface area contributed by atoms with Gasteiger partial charge in [-0.2, -0.15) is 65.9 Å². The number of alkyl halides is 15. The van der Waals surface area contributed by atoms with Crippen LogP contribution in [0, 0.1) is 6.92 Å². The first kappa shape index (κ1) is 44.4. The van der Waals surface area contributed by atoms with Gasteiger partial charge in [-0.1, -0.05) is 48.5 Å². The quantitative estimate of drug-likeness (QED) is 0.156. The smallest absolute Gasteiger partial charge is 0.248 e. The van der Waals surface area contributed by atoms with Gasteiger partial charge in [0, 0.05) is 22.3 Å². The molecule has 0 fully saturated rings. The molecule has 2 aromatic heterocycles. The molecule has 324 valence electrons. The van der Waals surface area contributed by atoms with Crippen molar-refractivity contribution in [3.05, 3.63) is 167 Å². The molecule has 0 aliphatic heterocycles. The zero-order chi connectivity index (χ0) is 45.9. The Morgan fingerprint density at radius 2 is 0.651 bits per heavy atom. The minimum absolute atomic E-state index is 0.0510. The average molecular weight is 891 g/mol. The predicted octanol–water partition coefficient (Wildman–Crippen LogP) is 15.9. The van der Waals surface area contributed by atoms with Crippen molar-refractivity contribution in [3.8, 4) is 67.3 Å². The van der Waals surface area contributed by atoms with E-state index < -0.39 is 81.1 Å². The number of hydrogen-bond acceptors (Lipinski definition) is 2. The lowest BCUT2D eigenvalue weighted by molar-refractivity contribution is -0.143. The summed E-state index contributed by atoms with van der Waals surface area (Å²) < 4.78 is 213. The molecule has 0 spiro atoms. The molecule has 0 saturated heterocycles. The number of aromatic nitrogens is 2. The van der Waals surface area contributed by atoms with Gasteiger partial charge in [-0.15, -0.1) is 0 Å². The van der Waals surface area contributed by atoms with Crippen LogP contribution in [0.4, 0.5) is 65.9 Å². The summed E-state index contributed by atoms with van der Waals surface area (Å²) in [4.78, 5) is 8.79. The van der Waals surface area contributed by atoms with Crippen molar-refractivity contribution in [2.45, 2.75) is 37.8 Å². The van der Waals surface area contributed by atoms with Crippen LogP contribution in [0.15, 0.2) is 133 Å². The van der Waals surface area contributed by atoms with E-state index in [4.69, 9.17) is 0 Å². The molecule has 17 heteroatoms. The van der Waals surface area contributed by atoms with E-state index in [1.807, 2.05) is 0 Å². The molecular formula is C46H25F15N2. The summed E-state index contributed by atoms with van der Waals surface area (Å²) in [6.45, 7) is 1.39. The van der Waals surface area contributed by atoms with Crippen LogP contribution in [0.3, 0.4) is 0 Å². The molecule has 0 aliphatic carbocycles. The topological polar surface area (TPSA) is 25.8 Å². The van der Waals surface area contributed by atoms with Gasteiger partial charge in [-0.25, -0.2) is 9.97 Å². The van der Waals surface area contributed by atoms with Crippen molar-refractivity contribution < 1.29 is 65.9 Å². The number of benzene rings is 5. The molecule has 63 heavy (non-hydrogen) atoms. The monoisotopic (exact) mass is 890 g/mol. The molecule has 0 saturated carbocycles. The second-order valence-corrected chi connectivity index (χ2v) is 14.2. The highest BCUT2D eigenvalue weighted by molar-refractivity contribution is 5.95. The molecule has 0 aliphatic rings. The Kier molecular flexibility index (Phi) is 11.2. The van der Waals surface area contributed by atoms with Crippen molar-refractivity contribution in [3.63, 3.8) is 0 Å². The number of pyridine rings is 2. The van der Waals surface area contributed by atoms with Gasteiger partial charge in [0.15, 0.2) is 0 Å². The largest absolute Gasteiger partial charge is 0.417 e. The van der Waals surface area contributed by atoms with Crippen molar-refractivity contribution in [1.82, 2.24) is 9.97 Å². The SMILES string of the molecule is Cc1cc(-c2cccc(-c3cc(-c4ccccc4C(F)(F)F)c(-c4cccc(-c5cc(C(F)(F)F)cc(C(F)(F)F)c5)n4)cc3-c3ccccc3C(F)(F)F)n2)cc(C(F)(F)F)c1. The highest BCUT2D eigenvalue weighted by Crippen LogP contribution is 2.48. The molecule has 5 aromatic carbocycles. The first-order valence-electron chi connectivity index (χ1n) is 18.2. The van der Waals surface area contributed by atoms with Crippen LogP contribution >= 0.6 is 0 Å². The Morgan fingerprint density at radius 3 is 1.03 bits per heavy atom. The maximum Gasteiger partial charge on any atom is 0.417 e. The van der Waals surface area contributed by atoms with E-state index in [9.17, 15) is 65.9 Å². The third-order valence-corrected chi connectivity index (χ3v) is 9.84. The Balaban J connectivity index is 1.58. The van der Waals surface area contributed by atoms with Crippen LogP contribution in [-0.4, -0.2) is 9.97 Å². The summed E-state index contributed by atoms with van der Waals surface area (Å²) in [7, 11) is 0. The molecule has 7 aromatic rings. The number of hydrogen-bond donors (Lipinski definition) is 0. The molecule has 0 unspecified atom stereocenters. The van der Waals surface area contributed by atoms with Crippen molar-refractivity contribution in [2.75, 3.05) is 0 Å². The van der Waals surface area contributed by atoms with Crippen LogP contribution in [0.1, 0.15) is 33.4 Å². The van der Waals surface area contributed by atoms with Crippen molar-refractivity contribution >= 4 is 0 Å². The summed E-state index contributed by atoms with van der Waals surface area (Å²) in [6, 6.07) is 21.3. The van der Waals surface area contributed by atoms with Crippen LogP contribution < -0.4 is 0 Å². The van der Waals surface area contributed by atoms with Gasteiger partial charge >= 0.3 is 30.9 Å². The molecule has 7 rings (SSSR count). The van der Waals surface area contributed by atoms with E-state index in [0.29, 0.717) is 18.2 Å². The van der Waals surface area contributed by atoms with E-state index in [1.165, 1.54) is 43.3 Å². The molecular weight excluding hydrogens is 865 g/mol. The lowest BCUT2D eigenvalue weighted by Gasteiger charge is -2.22. The lowest BCUT2D eigenvalue weighted by Crippen LogP contribution is -2.11. The maximum atomic E-state index is 14.7. The number of halogens is 15. The molecule has 0 amide bonds. The maximum absolute atomic E-state index is 14.7. The third kappa shape index (κ3) is 9.42. The Morgan fingerprint density at radius 1 is 0.302 bits per heavy atom. The first-order valence-corrected chi connectivity index (χ1v) is 18.2. The normalized spacial score (nSPS) is 12.8. The second-order valence-electron chi connectivity index (χ2n) is 14.2. The summed E-state index contributed by atoms with van der Waals surface area (Å²) in [5.74, 6) is 0. The first-order chi connectivity index (χ1) is 29.3. The second kappa shape index (κ2) is 15.9. The predicted molar refractivity (Wildman–Crippen MR) is 204 cm³/mol. The van der Waals surface area contributed by atoms with Gasteiger partial charge in [-0.3, -0.25) is 0 Å². The minimum atomic E-state index is -5.26. The van der Waals surface area contributed by atoms with Gasteiger partial charge in [0.2, 0.25) is 0 Å². The molecule has 0 atom stereocenters. The Bertz CT molecular complexity index is 2820. The average Bonchev–Trinajstić information content (AvgIpc) is 3.21. The van der Waals surface area contributed by atoms with Gasteiger partial charge in [0.05, 0.1) is 50.6 Å². The number of rotatable bonds is 6. The lowest BCUT2D eigenvalue weighted by atomic mass is 9.85. The minimum Gasteiger partial charge on any atom is -0.248 e. The summed E-state index contributed by atoms with van der Waals surface area (Å²) in [5.41, 5.74) is -11.0. The molecule has 2 heterocycles. The highest BCUT2D eigenvalue weighted by atomic mass is 19.4. The Hall–Kier alpha value is -6.65. The van der Waals surface area contributed by atoms with Crippen LogP contribution in [0.5, 0.6) is 0 Å². The zero-order valence-electron chi connectivity index (χ0n) is 31.8. The summed E-state index contributed by atoms with van der Waals surface area (Å²) in [6.07, 6.45) is -25.4. The van der Waals surface area contributed by atoms with E-state index in [1.54, 1.807) is 0 Å². The van der Waals surface area contributed by atoms with Crippen molar-refractivity contribution in [1.29, 1.82) is 0 Å². The van der Waals surface area contributed by atoms with Gasteiger partial charge in [0.1, 0.15) is 0 Å².